The minimum atomic E-state index is -0.539. The Balaban J connectivity index is 1.13. The van der Waals surface area contributed by atoms with Crippen LogP contribution in [0, 0.1) is 0 Å². The quantitative estimate of drug-likeness (QED) is 0.694. The van der Waals surface area contributed by atoms with Crippen LogP contribution in [0.15, 0.2) is 48.5 Å². The molecule has 1 spiro atoms. The number of fused-ring (bicyclic) bond motifs is 2. The number of rotatable bonds is 4. The highest BCUT2D eigenvalue weighted by molar-refractivity contribution is 6.21. The third-order valence-corrected chi connectivity index (χ3v) is 6.67. The first-order chi connectivity index (χ1) is 15.5. The summed E-state index contributed by atoms with van der Waals surface area (Å²) in [6.45, 7) is 1.28. The van der Waals surface area contributed by atoms with Gasteiger partial charge < -0.3 is 9.64 Å². The molecule has 2 aromatic carbocycles. The van der Waals surface area contributed by atoms with Crippen molar-refractivity contribution in [1.82, 2.24) is 9.80 Å². The molecule has 3 aliphatic heterocycles. The molecule has 3 amide bonds. The second-order valence-corrected chi connectivity index (χ2v) is 8.67. The fourth-order valence-corrected chi connectivity index (χ4v) is 4.87. The van der Waals surface area contributed by atoms with Crippen molar-refractivity contribution in [3.05, 3.63) is 65.2 Å². The Morgan fingerprint density at radius 2 is 1.47 bits per heavy atom. The molecule has 0 atom stereocenters. The van der Waals surface area contributed by atoms with Crippen LogP contribution in [-0.2, 0) is 4.79 Å². The first kappa shape index (κ1) is 20.4. The van der Waals surface area contributed by atoms with Gasteiger partial charge >= 0.3 is 0 Å². The molecule has 3 heterocycles. The standard InChI is InChI=1S/C25H24N2O5/c28-20-16-25(32-21-9-4-3-8-19(20)21)11-14-26(15-12-25)22(29)10-5-13-27-23(30)17-6-1-2-7-18(17)24(27)31/h1-4,6-9H,5,10-16H2. The lowest BCUT2D eigenvalue weighted by molar-refractivity contribution is -0.134. The van der Waals surface area contributed by atoms with E-state index in [1.165, 1.54) is 4.90 Å². The van der Waals surface area contributed by atoms with E-state index >= 15 is 0 Å². The lowest BCUT2D eigenvalue weighted by Crippen LogP contribution is -2.52. The van der Waals surface area contributed by atoms with E-state index in [0.29, 0.717) is 61.2 Å². The van der Waals surface area contributed by atoms with E-state index in [1.807, 2.05) is 18.2 Å². The van der Waals surface area contributed by atoms with Crippen LogP contribution in [0.3, 0.4) is 0 Å². The van der Waals surface area contributed by atoms with Crippen LogP contribution in [-0.4, -0.2) is 58.5 Å². The minimum Gasteiger partial charge on any atom is -0.486 e. The fourth-order valence-electron chi connectivity index (χ4n) is 4.87. The Bertz CT molecular complexity index is 1080. The van der Waals surface area contributed by atoms with Gasteiger partial charge in [-0.15, -0.1) is 0 Å². The molecule has 0 saturated carbocycles. The molecule has 7 nitrogen and oxygen atoms in total. The summed E-state index contributed by atoms with van der Waals surface area (Å²) in [7, 11) is 0. The maximum atomic E-state index is 12.7. The molecule has 5 rings (SSSR count). The zero-order valence-electron chi connectivity index (χ0n) is 17.7. The van der Waals surface area contributed by atoms with E-state index in [4.69, 9.17) is 4.74 Å². The van der Waals surface area contributed by atoms with E-state index in [0.717, 1.165) is 0 Å². The Kier molecular flexibility index (Phi) is 5.04. The van der Waals surface area contributed by atoms with Gasteiger partial charge in [0.2, 0.25) is 5.91 Å². The number of nitrogens with zero attached hydrogens (tertiary/aromatic N) is 2. The SMILES string of the molecule is O=C1CC2(CCN(C(=O)CCCN3C(=O)c4ccccc4C3=O)CC2)Oc2ccccc21. The van der Waals surface area contributed by atoms with Crippen LogP contribution in [0.2, 0.25) is 0 Å². The topological polar surface area (TPSA) is 84.0 Å². The number of hydrogen-bond acceptors (Lipinski definition) is 5. The van der Waals surface area contributed by atoms with Gasteiger partial charge in [-0.05, 0) is 30.7 Å². The summed E-state index contributed by atoms with van der Waals surface area (Å²) in [6.07, 6.45) is 2.25. The molecule has 164 valence electrons. The second kappa shape index (κ2) is 7.89. The molecule has 3 aliphatic rings. The summed E-state index contributed by atoms with van der Waals surface area (Å²) in [4.78, 5) is 53.2. The van der Waals surface area contributed by atoms with Crippen molar-refractivity contribution in [1.29, 1.82) is 0 Å². The number of hydrogen-bond donors (Lipinski definition) is 0. The number of imide groups is 1. The highest BCUT2D eigenvalue weighted by Gasteiger charge is 2.43. The molecule has 0 radical (unpaired) electrons. The number of amides is 3. The average Bonchev–Trinajstić information content (AvgIpc) is 3.04. The van der Waals surface area contributed by atoms with E-state index in [9.17, 15) is 19.2 Å². The number of carbonyl (C=O) groups is 4. The molecule has 0 N–H and O–H groups in total. The molecule has 32 heavy (non-hydrogen) atoms. The number of para-hydroxylation sites is 1. The van der Waals surface area contributed by atoms with E-state index < -0.39 is 5.60 Å². The van der Waals surface area contributed by atoms with E-state index in [1.54, 1.807) is 35.2 Å². The summed E-state index contributed by atoms with van der Waals surface area (Å²) in [5, 5.41) is 0. The number of carbonyl (C=O) groups excluding carboxylic acids is 4. The van der Waals surface area contributed by atoms with Crippen molar-refractivity contribution < 1.29 is 23.9 Å². The van der Waals surface area contributed by atoms with Crippen molar-refractivity contribution in [3.8, 4) is 5.75 Å². The van der Waals surface area contributed by atoms with Gasteiger partial charge in [0.15, 0.2) is 5.78 Å². The number of ether oxygens (including phenoxy) is 1. The van der Waals surface area contributed by atoms with Crippen LogP contribution in [0.5, 0.6) is 5.75 Å². The Morgan fingerprint density at radius 1 is 0.875 bits per heavy atom. The first-order valence-electron chi connectivity index (χ1n) is 11.0. The maximum absolute atomic E-state index is 12.7. The van der Waals surface area contributed by atoms with E-state index in [-0.39, 0.29) is 36.5 Å². The summed E-state index contributed by atoms with van der Waals surface area (Å²) in [5.41, 5.74) is 0.940. The third kappa shape index (κ3) is 3.47. The van der Waals surface area contributed by atoms with Crippen molar-refractivity contribution >= 4 is 23.5 Å². The second-order valence-electron chi connectivity index (χ2n) is 8.67. The summed E-state index contributed by atoms with van der Waals surface area (Å²) in [5.74, 6) is 0.130. The largest absolute Gasteiger partial charge is 0.486 e. The Hall–Kier alpha value is -3.48. The van der Waals surface area contributed by atoms with Crippen molar-refractivity contribution in [2.45, 2.75) is 37.7 Å². The van der Waals surface area contributed by atoms with Gasteiger partial charge in [0.25, 0.3) is 11.8 Å². The van der Waals surface area contributed by atoms with Crippen LogP contribution in [0.25, 0.3) is 0 Å². The highest BCUT2D eigenvalue weighted by atomic mass is 16.5. The van der Waals surface area contributed by atoms with E-state index in [2.05, 4.69) is 0 Å². The average molecular weight is 432 g/mol. The van der Waals surface area contributed by atoms with Crippen LogP contribution in [0.4, 0.5) is 0 Å². The molecule has 0 bridgehead atoms. The molecule has 2 aromatic rings. The van der Waals surface area contributed by atoms with Crippen molar-refractivity contribution in [2.24, 2.45) is 0 Å². The monoisotopic (exact) mass is 432 g/mol. The maximum Gasteiger partial charge on any atom is 0.261 e. The van der Waals surface area contributed by atoms with Crippen molar-refractivity contribution in [2.75, 3.05) is 19.6 Å². The van der Waals surface area contributed by atoms with Crippen LogP contribution in [0.1, 0.15) is 63.2 Å². The van der Waals surface area contributed by atoms with Crippen molar-refractivity contribution in [3.63, 3.8) is 0 Å². The molecule has 1 saturated heterocycles. The predicted octanol–water partition coefficient (Wildman–Crippen LogP) is 3.09. The molecule has 7 heteroatoms. The summed E-state index contributed by atoms with van der Waals surface area (Å²) in [6, 6.07) is 14.1. The smallest absolute Gasteiger partial charge is 0.261 e. The first-order valence-corrected chi connectivity index (χ1v) is 11.0. The van der Waals surface area contributed by atoms with Gasteiger partial charge in [0, 0.05) is 38.9 Å². The molecular weight excluding hydrogens is 408 g/mol. The van der Waals surface area contributed by atoms with Crippen LogP contribution >= 0.6 is 0 Å². The third-order valence-electron chi connectivity index (χ3n) is 6.67. The highest BCUT2D eigenvalue weighted by Crippen LogP contribution is 2.39. The van der Waals surface area contributed by atoms with Gasteiger partial charge in [-0.1, -0.05) is 24.3 Å². The molecular formula is C25H24N2O5. The van der Waals surface area contributed by atoms with Gasteiger partial charge in [-0.2, -0.15) is 0 Å². The normalized spacial score (nSPS) is 19.1. The van der Waals surface area contributed by atoms with Gasteiger partial charge in [-0.25, -0.2) is 0 Å². The number of likely N-dealkylation sites (tertiary alicyclic amines) is 1. The molecule has 0 aromatic heterocycles. The molecule has 1 fully saturated rings. The lowest BCUT2D eigenvalue weighted by atomic mass is 9.82. The van der Waals surface area contributed by atoms with Gasteiger partial charge in [0.1, 0.15) is 11.4 Å². The van der Waals surface area contributed by atoms with Crippen LogP contribution < -0.4 is 4.74 Å². The molecule has 0 aliphatic carbocycles. The summed E-state index contributed by atoms with van der Waals surface area (Å²) < 4.78 is 6.22. The zero-order valence-corrected chi connectivity index (χ0v) is 17.7. The Morgan fingerprint density at radius 3 is 2.12 bits per heavy atom. The van der Waals surface area contributed by atoms with Gasteiger partial charge in [0.05, 0.1) is 23.1 Å². The zero-order chi connectivity index (χ0) is 22.3. The lowest BCUT2D eigenvalue weighted by Gasteiger charge is -2.44. The molecule has 0 unspecified atom stereocenters. The predicted molar refractivity (Wildman–Crippen MR) is 116 cm³/mol. The summed E-state index contributed by atoms with van der Waals surface area (Å²) >= 11 is 0. The fraction of sp³-hybridized carbons (Fsp3) is 0.360. The number of ketones is 1. The van der Waals surface area contributed by atoms with Gasteiger partial charge in [-0.3, -0.25) is 24.1 Å². The number of piperidine rings is 1. The number of benzene rings is 2. The Labute approximate surface area is 185 Å². The number of Topliss-reactive ketones (excluding diaryl/α,β-unsaturated/α-hetero) is 1. The minimum absolute atomic E-state index is 0.000930.